The van der Waals surface area contributed by atoms with E-state index in [9.17, 15) is 26.3 Å². The molecule has 0 saturated carbocycles. The van der Waals surface area contributed by atoms with Crippen LogP contribution < -0.4 is 0 Å². The Balaban J connectivity index is 1.21. The highest BCUT2D eigenvalue weighted by molar-refractivity contribution is 5.67. The third-order valence-corrected chi connectivity index (χ3v) is 6.02. The zero-order valence-electron chi connectivity index (χ0n) is 20.9. The lowest BCUT2D eigenvalue weighted by molar-refractivity contribution is 0.582. The number of hydrogen-bond donors (Lipinski definition) is 0. The van der Waals surface area contributed by atoms with Gasteiger partial charge in [-0.25, -0.2) is 26.3 Å². The molecule has 6 heteroatoms. The number of hydrogen-bond acceptors (Lipinski definition) is 0. The van der Waals surface area contributed by atoms with Gasteiger partial charge in [0.25, 0.3) is 0 Å². The SMILES string of the molecule is Fc1cc(F)cc(-c2ccc(C#CCCCCC/C=C/c3ccc(-c4cc(F)cc(F)c4)c(F)c3)cc2F)c1. The van der Waals surface area contributed by atoms with Crippen molar-refractivity contribution in [2.45, 2.75) is 32.1 Å². The van der Waals surface area contributed by atoms with E-state index in [2.05, 4.69) is 11.8 Å². The molecule has 39 heavy (non-hydrogen) atoms. The van der Waals surface area contributed by atoms with Gasteiger partial charge >= 0.3 is 0 Å². The van der Waals surface area contributed by atoms with Crippen LogP contribution in [-0.4, -0.2) is 0 Å². The fourth-order valence-corrected chi connectivity index (χ4v) is 4.15. The van der Waals surface area contributed by atoms with Crippen LogP contribution in [0.3, 0.4) is 0 Å². The molecule has 0 saturated heterocycles. The number of allylic oxidation sites excluding steroid dienone is 1. The fourth-order valence-electron chi connectivity index (χ4n) is 4.15. The van der Waals surface area contributed by atoms with Crippen LogP contribution >= 0.6 is 0 Å². The summed E-state index contributed by atoms with van der Waals surface area (Å²) in [5, 5.41) is 0. The Kier molecular flexibility index (Phi) is 9.27. The van der Waals surface area contributed by atoms with Gasteiger partial charge in [0.1, 0.15) is 34.9 Å². The lowest BCUT2D eigenvalue weighted by atomic mass is 10.0. The van der Waals surface area contributed by atoms with Crippen LogP contribution in [0.2, 0.25) is 0 Å². The van der Waals surface area contributed by atoms with Crippen molar-refractivity contribution in [2.75, 3.05) is 0 Å². The van der Waals surface area contributed by atoms with E-state index in [1.807, 2.05) is 6.08 Å². The van der Waals surface area contributed by atoms with Gasteiger partial charge < -0.3 is 0 Å². The molecule has 0 aliphatic rings. The summed E-state index contributed by atoms with van der Waals surface area (Å²) in [6, 6.07) is 14.7. The zero-order chi connectivity index (χ0) is 27.8. The van der Waals surface area contributed by atoms with E-state index in [0.29, 0.717) is 17.5 Å². The minimum absolute atomic E-state index is 0.104. The first kappa shape index (κ1) is 27.8. The maximum atomic E-state index is 14.5. The molecule has 4 aromatic rings. The van der Waals surface area contributed by atoms with Gasteiger partial charge in [-0.05, 0) is 78.4 Å². The zero-order valence-corrected chi connectivity index (χ0v) is 20.9. The Morgan fingerprint density at radius 3 is 1.69 bits per heavy atom. The van der Waals surface area contributed by atoms with E-state index in [1.54, 1.807) is 18.2 Å². The van der Waals surface area contributed by atoms with Gasteiger partial charge in [0.2, 0.25) is 0 Å². The minimum atomic E-state index is -0.771. The van der Waals surface area contributed by atoms with Crippen LogP contribution in [0.5, 0.6) is 0 Å². The predicted molar refractivity (Wildman–Crippen MR) is 143 cm³/mol. The summed E-state index contributed by atoms with van der Waals surface area (Å²) >= 11 is 0. The molecule has 0 N–H and O–H groups in total. The molecule has 0 aromatic heterocycles. The monoisotopic (exact) mass is 534 g/mol. The summed E-state index contributed by atoms with van der Waals surface area (Å²) in [5.41, 5.74) is 1.64. The maximum absolute atomic E-state index is 14.5. The number of halogens is 6. The molecular formula is C33H24F6. The van der Waals surface area contributed by atoms with Crippen molar-refractivity contribution in [1.29, 1.82) is 0 Å². The van der Waals surface area contributed by atoms with Gasteiger partial charge in [0.05, 0.1) is 0 Å². The van der Waals surface area contributed by atoms with Crippen molar-refractivity contribution in [3.05, 3.63) is 125 Å². The van der Waals surface area contributed by atoms with Crippen molar-refractivity contribution in [2.24, 2.45) is 0 Å². The van der Waals surface area contributed by atoms with Crippen molar-refractivity contribution < 1.29 is 26.3 Å². The Morgan fingerprint density at radius 2 is 1.13 bits per heavy atom. The highest BCUT2D eigenvalue weighted by Gasteiger charge is 2.10. The molecule has 0 atom stereocenters. The summed E-state index contributed by atoms with van der Waals surface area (Å²) in [4.78, 5) is 0. The molecule has 4 rings (SSSR count). The van der Waals surface area contributed by atoms with Crippen LogP contribution in [0, 0.1) is 46.7 Å². The van der Waals surface area contributed by atoms with Crippen molar-refractivity contribution in [3.8, 4) is 34.1 Å². The first-order chi connectivity index (χ1) is 18.8. The number of unbranched alkanes of at least 4 members (excludes halogenated alkanes) is 4. The van der Waals surface area contributed by atoms with Gasteiger partial charge in [0.15, 0.2) is 0 Å². The average molecular weight is 535 g/mol. The Labute approximate surface area is 223 Å². The lowest BCUT2D eigenvalue weighted by Crippen LogP contribution is -1.89. The summed E-state index contributed by atoms with van der Waals surface area (Å²) in [7, 11) is 0. The highest BCUT2D eigenvalue weighted by atomic mass is 19.2. The highest BCUT2D eigenvalue weighted by Crippen LogP contribution is 2.27. The van der Waals surface area contributed by atoms with E-state index in [4.69, 9.17) is 0 Å². The fraction of sp³-hybridized carbons (Fsp3) is 0.152. The lowest BCUT2D eigenvalue weighted by Gasteiger charge is -2.05. The predicted octanol–water partition coefficient (Wildman–Crippen LogP) is 9.87. The van der Waals surface area contributed by atoms with Gasteiger partial charge in [-0.15, -0.1) is 0 Å². The molecule has 0 amide bonds. The quantitative estimate of drug-likeness (QED) is 0.120. The third-order valence-electron chi connectivity index (χ3n) is 6.02. The molecule has 4 aromatic carbocycles. The van der Waals surface area contributed by atoms with Crippen LogP contribution in [0.25, 0.3) is 28.3 Å². The average Bonchev–Trinajstić information content (AvgIpc) is 2.86. The molecule has 0 nitrogen and oxygen atoms in total. The van der Waals surface area contributed by atoms with E-state index in [-0.39, 0.29) is 22.3 Å². The van der Waals surface area contributed by atoms with Gasteiger partial charge in [0, 0.05) is 35.2 Å². The summed E-state index contributed by atoms with van der Waals surface area (Å²) in [6.07, 6.45) is 7.86. The van der Waals surface area contributed by atoms with Crippen LogP contribution in [0.15, 0.2) is 78.9 Å². The Bertz CT molecular complexity index is 1520. The maximum Gasteiger partial charge on any atom is 0.132 e. The molecule has 0 spiro atoms. The Hall–Kier alpha value is -4.24. The normalized spacial score (nSPS) is 11.0. The molecule has 0 unspecified atom stereocenters. The molecule has 0 radical (unpaired) electrons. The van der Waals surface area contributed by atoms with Gasteiger partial charge in [-0.1, -0.05) is 48.6 Å². The van der Waals surface area contributed by atoms with Crippen molar-refractivity contribution in [1.82, 2.24) is 0 Å². The topological polar surface area (TPSA) is 0 Å². The van der Waals surface area contributed by atoms with Gasteiger partial charge in [-0.2, -0.15) is 0 Å². The summed E-state index contributed by atoms with van der Waals surface area (Å²) < 4.78 is 82.6. The van der Waals surface area contributed by atoms with E-state index < -0.39 is 34.9 Å². The van der Waals surface area contributed by atoms with E-state index >= 15 is 0 Å². The van der Waals surface area contributed by atoms with Crippen LogP contribution in [-0.2, 0) is 0 Å². The largest absolute Gasteiger partial charge is 0.207 e. The number of rotatable bonds is 8. The second-order valence-corrected chi connectivity index (χ2v) is 9.05. The molecule has 0 aliphatic heterocycles. The molecule has 198 valence electrons. The molecule has 0 aliphatic carbocycles. The molecule has 0 fully saturated rings. The van der Waals surface area contributed by atoms with Crippen LogP contribution in [0.1, 0.15) is 43.2 Å². The Morgan fingerprint density at radius 1 is 0.564 bits per heavy atom. The molecule has 0 heterocycles. The second-order valence-electron chi connectivity index (χ2n) is 9.05. The summed E-state index contributed by atoms with van der Waals surface area (Å²) in [5.74, 6) is 1.70. The summed E-state index contributed by atoms with van der Waals surface area (Å²) in [6.45, 7) is 0. The van der Waals surface area contributed by atoms with E-state index in [0.717, 1.165) is 62.1 Å². The molecule has 0 bridgehead atoms. The minimum Gasteiger partial charge on any atom is -0.207 e. The van der Waals surface area contributed by atoms with Gasteiger partial charge in [-0.3, -0.25) is 0 Å². The second kappa shape index (κ2) is 13.0. The van der Waals surface area contributed by atoms with Crippen molar-refractivity contribution >= 4 is 6.08 Å². The van der Waals surface area contributed by atoms with E-state index in [1.165, 1.54) is 24.3 Å². The first-order valence-corrected chi connectivity index (χ1v) is 12.5. The van der Waals surface area contributed by atoms with Crippen LogP contribution in [0.4, 0.5) is 26.3 Å². The standard InChI is InChI=1S/C33H24F6/c34-26-16-24(17-27(35)20-26)30-12-10-22(14-32(30)38)8-6-4-2-1-3-5-7-9-23-11-13-31(33(39)15-23)25-18-28(36)21-29(37)19-25/h6,8,10-21H,1-5H2/b8-6+. The first-order valence-electron chi connectivity index (χ1n) is 12.5. The molecular weight excluding hydrogens is 510 g/mol. The third kappa shape index (κ3) is 7.87. The van der Waals surface area contributed by atoms with Crippen molar-refractivity contribution in [3.63, 3.8) is 0 Å². The smallest absolute Gasteiger partial charge is 0.132 e. The number of benzene rings is 4.